The van der Waals surface area contributed by atoms with E-state index in [0.717, 1.165) is 24.3 Å². The molecule has 28 heavy (non-hydrogen) atoms. The molecular weight excluding hydrogens is 348 g/mol. The van der Waals surface area contributed by atoms with Gasteiger partial charge in [0.15, 0.2) is 0 Å². The maximum absolute atomic E-state index is 12.8. The van der Waals surface area contributed by atoms with Gasteiger partial charge in [0.05, 0.1) is 18.3 Å². The number of aromatic nitrogens is 2. The molecule has 1 fully saturated rings. The number of nitrogens with zero attached hydrogens (tertiary/aromatic N) is 4. The van der Waals surface area contributed by atoms with Gasteiger partial charge in [0, 0.05) is 38.6 Å². The molecule has 5 nitrogen and oxygen atoms in total. The Morgan fingerprint density at radius 2 is 1.75 bits per heavy atom. The molecule has 0 spiro atoms. The van der Waals surface area contributed by atoms with Crippen LogP contribution in [0.1, 0.15) is 24.0 Å². The van der Waals surface area contributed by atoms with Gasteiger partial charge in [-0.1, -0.05) is 36.4 Å². The zero-order valence-corrected chi connectivity index (χ0v) is 16.3. The Hall–Kier alpha value is -3.08. The van der Waals surface area contributed by atoms with E-state index in [4.69, 9.17) is 0 Å². The molecule has 0 N–H and O–H groups in total. The smallest absolute Gasteiger partial charge is 0.227 e. The predicted octanol–water partition coefficient (Wildman–Crippen LogP) is 3.67. The predicted molar refractivity (Wildman–Crippen MR) is 112 cm³/mol. The summed E-state index contributed by atoms with van der Waals surface area (Å²) in [5.41, 5.74) is 4.39. The minimum Gasteiger partial charge on any atom is -0.371 e. The molecule has 1 amide bonds. The first-order valence-electron chi connectivity index (χ1n) is 9.86. The van der Waals surface area contributed by atoms with Crippen molar-refractivity contribution in [3.63, 3.8) is 0 Å². The van der Waals surface area contributed by atoms with Gasteiger partial charge in [-0.2, -0.15) is 5.10 Å². The van der Waals surface area contributed by atoms with E-state index in [1.54, 1.807) is 6.20 Å². The van der Waals surface area contributed by atoms with Gasteiger partial charge in [-0.3, -0.25) is 4.79 Å². The molecule has 0 radical (unpaired) electrons. The normalized spacial score (nSPS) is 13.7. The molecule has 3 aromatic rings. The summed E-state index contributed by atoms with van der Waals surface area (Å²) in [7, 11) is 1.88. The number of hydrogen-bond acceptors (Lipinski definition) is 3. The van der Waals surface area contributed by atoms with Gasteiger partial charge in [-0.15, -0.1) is 0 Å². The largest absolute Gasteiger partial charge is 0.371 e. The summed E-state index contributed by atoms with van der Waals surface area (Å²) in [6.07, 6.45) is 6.55. The highest BCUT2D eigenvalue weighted by Gasteiger charge is 2.18. The Morgan fingerprint density at radius 1 is 1.04 bits per heavy atom. The fraction of sp³-hybridized carbons (Fsp3) is 0.304. The van der Waals surface area contributed by atoms with Crippen molar-refractivity contribution in [1.82, 2.24) is 14.7 Å². The number of benzene rings is 2. The standard InChI is InChI=1S/C23H26N4O/c1-25(18-20-9-5-6-12-22(20)26-13-7-8-14-26)23(28)15-19-16-24-27(17-19)21-10-3-2-4-11-21/h2-6,9-12,16-17H,7-8,13-15,18H2,1H3. The Kier molecular flexibility index (Phi) is 5.42. The fourth-order valence-corrected chi connectivity index (χ4v) is 3.74. The van der Waals surface area contributed by atoms with Crippen molar-refractivity contribution in [2.24, 2.45) is 0 Å². The number of rotatable bonds is 6. The molecule has 144 valence electrons. The summed E-state index contributed by atoms with van der Waals surface area (Å²) in [5.74, 6) is 0.101. The lowest BCUT2D eigenvalue weighted by atomic mass is 10.1. The Morgan fingerprint density at radius 3 is 2.54 bits per heavy atom. The maximum Gasteiger partial charge on any atom is 0.227 e. The number of likely N-dealkylation sites (N-methyl/N-ethyl adjacent to an activating group) is 1. The minimum absolute atomic E-state index is 0.101. The van der Waals surface area contributed by atoms with Crippen molar-refractivity contribution in [3.05, 3.63) is 78.1 Å². The molecule has 1 aliphatic heterocycles. The van der Waals surface area contributed by atoms with E-state index in [9.17, 15) is 4.79 Å². The van der Waals surface area contributed by atoms with E-state index in [2.05, 4.69) is 34.3 Å². The highest BCUT2D eigenvalue weighted by Crippen LogP contribution is 2.25. The number of amides is 1. The van der Waals surface area contributed by atoms with Crippen LogP contribution in [0.2, 0.25) is 0 Å². The number of carbonyl (C=O) groups is 1. The Bertz CT molecular complexity index is 929. The van der Waals surface area contributed by atoms with Crippen molar-refractivity contribution in [2.75, 3.05) is 25.0 Å². The zero-order valence-electron chi connectivity index (χ0n) is 16.3. The van der Waals surface area contributed by atoms with E-state index in [0.29, 0.717) is 13.0 Å². The molecule has 1 saturated heterocycles. The summed E-state index contributed by atoms with van der Waals surface area (Å²) >= 11 is 0. The second kappa shape index (κ2) is 8.30. The summed E-state index contributed by atoms with van der Waals surface area (Å²) in [5, 5.41) is 4.39. The molecule has 0 aliphatic carbocycles. The molecule has 0 unspecified atom stereocenters. The van der Waals surface area contributed by atoms with E-state index in [1.807, 2.05) is 53.2 Å². The molecule has 0 bridgehead atoms. The third-order valence-electron chi connectivity index (χ3n) is 5.28. The first-order valence-corrected chi connectivity index (χ1v) is 9.86. The van der Waals surface area contributed by atoms with Gasteiger partial charge in [-0.05, 0) is 42.2 Å². The van der Waals surface area contributed by atoms with Gasteiger partial charge in [0.25, 0.3) is 0 Å². The molecular formula is C23H26N4O. The van der Waals surface area contributed by atoms with Gasteiger partial charge >= 0.3 is 0 Å². The van der Waals surface area contributed by atoms with Crippen LogP contribution in [-0.4, -0.2) is 40.7 Å². The topological polar surface area (TPSA) is 41.4 Å². The second-order valence-electron chi connectivity index (χ2n) is 7.38. The monoisotopic (exact) mass is 374 g/mol. The summed E-state index contributed by atoms with van der Waals surface area (Å²) in [6.45, 7) is 2.83. The highest BCUT2D eigenvalue weighted by atomic mass is 16.2. The third-order valence-corrected chi connectivity index (χ3v) is 5.28. The number of anilines is 1. The molecule has 0 atom stereocenters. The van der Waals surface area contributed by atoms with Crippen LogP contribution in [0.5, 0.6) is 0 Å². The van der Waals surface area contributed by atoms with Crippen LogP contribution in [0.25, 0.3) is 5.69 Å². The highest BCUT2D eigenvalue weighted by molar-refractivity contribution is 5.78. The molecule has 4 rings (SSSR count). The van der Waals surface area contributed by atoms with Gasteiger partial charge < -0.3 is 9.80 Å². The zero-order chi connectivity index (χ0) is 19.3. The van der Waals surface area contributed by atoms with Crippen LogP contribution in [0.3, 0.4) is 0 Å². The first-order chi connectivity index (χ1) is 13.7. The lowest BCUT2D eigenvalue weighted by molar-refractivity contribution is -0.129. The van der Waals surface area contributed by atoms with Crippen LogP contribution in [0.4, 0.5) is 5.69 Å². The SMILES string of the molecule is CN(Cc1ccccc1N1CCCC1)C(=O)Cc1cnn(-c2ccccc2)c1. The van der Waals surface area contributed by atoms with E-state index < -0.39 is 0 Å². The maximum atomic E-state index is 12.8. The van der Waals surface area contributed by atoms with Crippen molar-refractivity contribution in [3.8, 4) is 5.69 Å². The van der Waals surface area contributed by atoms with Crippen molar-refractivity contribution < 1.29 is 4.79 Å². The number of hydrogen-bond donors (Lipinski definition) is 0. The van der Waals surface area contributed by atoms with Crippen LogP contribution in [0.15, 0.2) is 67.0 Å². The van der Waals surface area contributed by atoms with Gasteiger partial charge in [-0.25, -0.2) is 4.68 Å². The van der Waals surface area contributed by atoms with E-state index in [1.165, 1.54) is 24.1 Å². The molecule has 1 aromatic heterocycles. The quantitative estimate of drug-likeness (QED) is 0.661. The molecule has 1 aliphatic rings. The van der Waals surface area contributed by atoms with E-state index in [-0.39, 0.29) is 5.91 Å². The number of carbonyl (C=O) groups excluding carboxylic acids is 1. The second-order valence-corrected chi connectivity index (χ2v) is 7.38. The summed E-state index contributed by atoms with van der Waals surface area (Å²) in [6, 6.07) is 18.4. The minimum atomic E-state index is 0.101. The van der Waals surface area contributed by atoms with E-state index >= 15 is 0 Å². The van der Waals surface area contributed by atoms with Crippen molar-refractivity contribution in [1.29, 1.82) is 0 Å². The average Bonchev–Trinajstić information content (AvgIpc) is 3.41. The van der Waals surface area contributed by atoms with Crippen LogP contribution in [-0.2, 0) is 17.8 Å². The van der Waals surface area contributed by atoms with Gasteiger partial charge in [0.1, 0.15) is 0 Å². The Labute approximate surface area is 166 Å². The average molecular weight is 374 g/mol. The lowest BCUT2D eigenvalue weighted by Gasteiger charge is -2.24. The summed E-state index contributed by atoms with van der Waals surface area (Å²) in [4.78, 5) is 17.0. The van der Waals surface area contributed by atoms with Crippen molar-refractivity contribution in [2.45, 2.75) is 25.8 Å². The molecule has 2 aromatic carbocycles. The third kappa shape index (κ3) is 4.09. The van der Waals surface area contributed by atoms with Crippen LogP contribution < -0.4 is 4.90 Å². The van der Waals surface area contributed by atoms with Crippen LogP contribution in [0, 0.1) is 0 Å². The Balaban J connectivity index is 1.41. The fourth-order valence-electron chi connectivity index (χ4n) is 3.74. The molecule has 5 heteroatoms. The number of para-hydroxylation sites is 2. The van der Waals surface area contributed by atoms with Crippen molar-refractivity contribution >= 4 is 11.6 Å². The summed E-state index contributed by atoms with van der Waals surface area (Å²) < 4.78 is 1.81. The molecule has 2 heterocycles. The van der Waals surface area contributed by atoms with Gasteiger partial charge in [0.2, 0.25) is 5.91 Å². The lowest BCUT2D eigenvalue weighted by Crippen LogP contribution is -2.29. The first kappa shape index (κ1) is 18.3. The van der Waals surface area contributed by atoms with Crippen LogP contribution >= 0.6 is 0 Å². The molecule has 0 saturated carbocycles.